The van der Waals surface area contributed by atoms with Crippen LogP contribution in [0.3, 0.4) is 0 Å². The second kappa shape index (κ2) is 4.52. The summed E-state index contributed by atoms with van der Waals surface area (Å²) in [6.45, 7) is 4.42. The van der Waals surface area contributed by atoms with Crippen molar-refractivity contribution in [3.05, 3.63) is 0 Å². The SMILES string of the molecule is COC1CC(NC2CCS(=O)(=O)CC2)C1(C)C. The van der Waals surface area contributed by atoms with Gasteiger partial charge in [0.15, 0.2) is 0 Å². The van der Waals surface area contributed by atoms with E-state index >= 15 is 0 Å². The fraction of sp³-hybridized carbons (Fsp3) is 1.00. The van der Waals surface area contributed by atoms with Crippen molar-refractivity contribution < 1.29 is 13.2 Å². The summed E-state index contributed by atoms with van der Waals surface area (Å²) in [7, 11) is -0.989. The predicted molar refractivity (Wildman–Crippen MR) is 67.8 cm³/mol. The van der Waals surface area contributed by atoms with Gasteiger partial charge in [0, 0.05) is 24.6 Å². The van der Waals surface area contributed by atoms with Crippen molar-refractivity contribution in [1.82, 2.24) is 5.32 Å². The van der Waals surface area contributed by atoms with Crippen molar-refractivity contribution in [3.63, 3.8) is 0 Å². The number of sulfone groups is 1. The number of ether oxygens (including phenoxy) is 1. The third-order valence-corrected chi connectivity index (χ3v) is 6.17. The van der Waals surface area contributed by atoms with Crippen LogP contribution in [0.1, 0.15) is 33.1 Å². The highest BCUT2D eigenvalue weighted by atomic mass is 32.2. The summed E-state index contributed by atoms with van der Waals surface area (Å²) in [6.07, 6.45) is 2.87. The van der Waals surface area contributed by atoms with Gasteiger partial charge < -0.3 is 10.1 Å². The van der Waals surface area contributed by atoms with Crippen molar-refractivity contribution in [2.45, 2.75) is 51.3 Å². The zero-order valence-electron chi connectivity index (χ0n) is 10.9. The highest BCUT2D eigenvalue weighted by molar-refractivity contribution is 7.91. The fourth-order valence-corrected chi connectivity index (χ4v) is 4.40. The first-order valence-corrected chi connectivity index (χ1v) is 8.16. The molecule has 2 aliphatic rings. The van der Waals surface area contributed by atoms with Gasteiger partial charge in [-0.3, -0.25) is 0 Å². The average molecular weight is 261 g/mol. The Bertz CT molecular complexity index is 363. The third-order valence-electron chi connectivity index (χ3n) is 4.45. The summed E-state index contributed by atoms with van der Waals surface area (Å²) in [5.41, 5.74) is 0.158. The molecule has 0 spiro atoms. The van der Waals surface area contributed by atoms with E-state index in [2.05, 4.69) is 19.2 Å². The monoisotopic (exact) mass is 261 g/mol. The smallest absolute Gasteiger partial charge is 0.150 e. The lowest BCUT2D eigenvalue weighted by Gasteiger charge is -2.52. The van der Waals surface area contributed by atoms with Gasteiger partial charge in [-0.15, -0.1) is 0 Å². The highest BCUT2D eigenvalue weighted by Crippen LogP contribution is 2.42. The molecule has 1 saturated heterocycles. The summed E-state index contributed by atoms with van der Waals surface area (Å²) in [4.78, 5) is 0. The molecule has 5 heteroatoms. The normalized spacial score (nSPS) is 36.4. The van der Waals surface area contributed by atoms with E-state index in [1.54, 1.807) is 7.11 Å². The van der Waals surface area contributed by atoms with Crippen LogP contribution in [0.4, 0.5) is 0 Å². The standard InChI is InChI=1S/C12H23NO3S/c1-12(2)10(8-11(12)16-3)13-9-4-6-17(14,15)7-5-9/h9-11,13H,4-8H2,1-3H3. The van der Waals surface area contributed by atoms with E-state index in [-0.39, 0.29) is 5.41 Å². The second-order valence-corrected chi connectivity index (χ2v) is 8.23. The minimum Gasteiger partial charge on any atom is -0.381 e. The second-order valence-electron chi connectivity index (χ2n) is 5.93. The summed E-state index contributed by atoms with van der Waals surface area (Å²) in [5, 5.41) is 3.60. The van der Waals surface area contributed by atoms with Gasteiger partial charge in [0.1, 0.15) is 9.84 Å². The topological polar surface area (TPSA) is 55.4 Å². The van der Waals surface area contributed by atoms with Crippen LogP contribution in [-0.2, 0) is 14.6 Å². The lowest BCUT2D eigenvalue weighted by Crippen LogP contribution is -2.63. The molecule has 1 saturated carbocycles. The largest absolute Gasteiger partial charge is 0.381 e. The summed E-state index contributed by atoms with van der Waals surface area (Å²) < 4.78 is 28.1. The number of nitrogens with one attached hydrogen (secondary N) is 1. The Morgan fingerprint density at radius 1 is 1.24 bits per heavy atom. The Hall–Kier alpha value is -0.130. The van der Waals surface area contributed by atoms with Gasteiger partial charge in [-0.2, -0.15) is 0 Å². The molecule has 2 rings (SSSR count). The fourth-order valence-electron chi connectivity index (χ4n) is 2.91. The molecule has 0 aromatic rings. The van der Waals surface area contributed by atoms with E-state index in [0.717, 1.165) is 19.3 Å². The minimum atomic E-state index is -2.75. The molecule has 0 amide bonds. The summed E-state index contributed by atoms with van der Waals surface area (Å²) in [6, 6.07) is 0.818. The molecule has 2 fully saturated rings. The lowest BCUT2D eigenvalue weighted by molar-refractivity contribution is -0.100. The number of methoxy groups -OCH3 is 1. The molecule has 1 aliphatic heterocycles. The van der Waals surface area contributed by atoms with Crippen molar-refractivity contribution in [1.29, 1.82) is 0 Å². The Morgan fingerprint density at radius 3 is 2.29 bits per heavy atom. The summed E-state index contributed by atoms with van der Waals surface area (Å²) in [5.74, 6) is 0.678. The Balaban J connectivity index is 1.84. The third kappa shape index (κ3) is 2.66. The maximum absolute atomic E-state index is 11.3. The van der Waals surface area contributed by atoms with Crippen molar-refractivity contribution in [3.8, 4) is 0 Å². The van der Waals surface area contributed by atoms with Crippen LogP contribution in [0.25, 0.3) is 0 Å². The van der Waals surface area contributed by atoms with E-state index in [1.165, 1.54) is 0 Å². The molecule has 1 heterocycles. The van der Waals surface area contributed by atoms with E-state index in [4.69, 9.17) is 4.74 Å². The molecule has 2 atom stereocenters. The van der Waals surface area contributed by atoms with Crippen molar-refractivity contribution in [2.24, 2.45) is 5.41 Å². The van der Waals surface area contributed by atoms with Crippen LogP contribution in [0.5, 0.6) is 0 Å². The van der Waals surface area contributed by atoms with Gasteiger partial charge in [0.05, 0.1) is 17.6 Å². The van der Waals surface area contributed by atoms with Crippen LogP contribution in [0.2, 0.25) is 0 Å². The molecule has 1 N–H and O–H groups in total. The van der Waals surface area contributed by atoms with Crippen LogP contribution in [0, 0.1) is 5.41 Å². The van der Waals surface area contributed by atoms with Crippen LogP contribution in [0.15, 0.2) is 0 Å². The molecule has 17 heavy (non-hydrogen) atoms. The van der Waals surface area contributed by atoms with Gasteiger partial charge >= 0.3 is 0 Å². The van der Waals surface area contributed by atoms with Crippen molar-refractivity contribution in [2.75, 3.05) is 18.6 Å². The molecule has 1 aliphatic carbocycles. The van der Waals surface area contributed by atoms with Crippen LogP contribution >= 0.6 is 0 Å². The van der Waals surface area contributed by atoms with Gasteiger partial charge in [0.2, 0.25) is 0 Å². The molecule has 100 valence electrons. The van der Waals surface area contributed by atoms with Crippen LogP contribution in [-0.4, -0.2) is 45.2 Å². The maximum atomic E-state index is 11.3. The average Bonchev–Trinajstić information content (AvgIpc) is 2.25. The quantitative estimate of drug-likeness (QED) is 0.822. The van der Waals surface area contributed by atoms with E-state index in [1.807, 2.05) is 0 Å². The van der Waals surface area contributed by atoms with Gasteiger partial charge in [0.25, 0.3) is 0 Å². The van der Waals surface area contributed by atoms with E-state index < -0.39 is 9.84 Å². The van der Waals surface area contributed by atoms with Gasteiger partial charge in [-0.25, -0.2) is 8.42 Å². The number of hydrogen-bond acceptors (Lipinski definition) is 4. The number of hydrogen-bond donors (Lipinski definition) is 1. The predicted octanol–water partition coefficient (Wildman–Crippen LogP) is 0.967. The molecule has 0 bridgehead atoms. The molecule has 0 aromatic heterocycles. The number of rotatable bonds is 3. The lowest BCUT2D eigenvalue weighted by atomic mass is 9.64. The molecule has 0 radical (unpaired) electrons. The highest BCUT2D eigenvalue weighted by Gasteiger charge is 2.49. The van der Waals surface area contributed by atoms with E-state index in [0.29, 0.717) is 29.7 Å². The van der Waals surface area contributed by atoms with Crippen LogP contribution < -0.4 is 5.32 Å². The van der Waals surface area contributed by atoms with E-state index in [9.17, 15) is 8.42 Å². The molecule has 4 nitrogen and oxygen atoms in total. The summed E-state index contributed by atoms with van der Waals surface area (Å²) >= 11 is 0. The Kier molecular flexibility index (Phi) is 3.54. The van der Waals surface area contributed by atoms with Crippen molar-refractivity contribution >= 4 is 9.84 Å². The molecular formula is C12H23NO3S. The molecule has 2 unspecified atom stereocenters. The first-order chi connectivity index (χ1) is 7.85. The van der Waals surface area contributed by atoms with Gasteiger partial charge in [-0.05, 0) is 19.3 Å². The maximum Gasteiger partial charge on any atom is 0.150 e. The molecule has 0 aromatic carbocycles. The zero-order chi connectivity index (χ0) is 12.7. The first-order valence-electron chi connectivity index (χ1n) is 6.34. The Labute approximate surface area is 104 Å². The minimum absolute atomic E-state index is 0.158. The zero-order valence-corrected chi connectivity index (χ0v) is 11.7. The van der Waals surface area contributed by atoms with Gasteiger partial charge in [-0.1, -0.05) is 13.8 Å². The molecular weight excluding hydrogens is 238 g/mol. The first kappa shape index (κ1) is 13.3. The Morgan fingerprint density at radius 2 is 1.82 bits per heavy atom.